The molecule has 5 saturated carbocycles. The van der Waals surface area contributed by atoms with Gasteiger partial charge >= 0.3 is 0 Å². The van der Waals surface area contributed by atoms with Gasteiger partial charge in [-0.2, -0.15) is 0 Å². The predicted octanol–water partition coefficient (Wildman–Crippen LogP) is 5.14. The first-order valence-electron chi connectivity index (χ1n) is 11.3. The highest BCUT2D eigenvalue weighted by Crippen LogP contribution is 2.60. The second-order valence-corrected chi connectivity index (χ2v) is 10.5. The van der Waals surface area contributed by atoms with Crippen molar-refractivity contribution in [2.24, 2.45) is 23.2 Å². The summed E-state index contributed by atoms with van der Waals surface area (Å²) in [6.45, 7) is 2.23. The standard InChI is InChI=1S/C24H30FNO2/c25-21-10-22(19(18-2-3-18)9-20(21)23(27)26-4-1-5-26)28-14-24-11-15-6-16(12-24)8-17(7-15)13-24/h9-10,15-18H,1-8,11-14H2. The number of likely N-dealkylation sites (tertiary alicyclic amines) is 1. The van der Waals surface area contributed by atoms with Crippen LogP contribution in [0.5, 0.6) is 5.75 Å². The number of carbonyl (C=O) groups is 1. The third-order valence-corrected chi connectivity index (χ3v) is 8.19. The third kappa shape index (κ3) is 2.86. The molecule has 0 spiro atoms. The van der Waals surface area contributed by atoms with Crippen LogP contribution < -0.4 is 4.74 Å². The summed E-state index contributed by atoms with van der Waals surface area (Å²) in [7, 11) is 0. The molecule has 28 heavy (non-hydrogen) atoms. The zero-order valence-corrected chi connectivity index (χ0v) is 16.6. The van der Waals surface area contributed by atoms with Crippen LogP contribution in [0.3, 0.4) is 0 Å². The van der Waals surface area contributed by atoms with Crippen LogP contribution in [0.4, 0.5) is 4.39 Å². The van der Waals surface area contributed by atoms with Gasteiger partial charge in [-0.15, -0.1) is 0 Å². The van der Waals surface area contributed by atoms with Crippen LogP contribution in [0.15, 0.2) is 12.1 Å². The number of rotatable bonds is 5. The van der Waals surface area contributed by atoms with E-state index in [9.17, 15) is 9.18 Å². The van der Waals surface area contributed by atoms with Gasteiger partial charge in [0.05, 0.1) is 12.2 Å². The normalized spacial score (nSPS) is 35.8. The first-order valence-corrected chi connectivity index (χ1v) is 11.3. The van der Waals surface area contributed by atoms with E-state index in [0.717, 1.165) is 62.3 Å². The quantitative estimate of drug-likeness (QED) is 0.704. The van der Waals surface area contributed by atoms with Crippen molar-refractivity contribution in [2.45, 2.75) is 63.7 Å². The van der Waals surface area contributed by atoms with Gasteiger partial charge in [-0.1, -0.05) is 0 Å². The van der Waals surface area contributed by atoms with Gasteiger partial charge in [0.1, 0.15) is 11.6 Å². The summed E-state index contributed by atoms with van der Waals surface area (Å²) < 4.78 is 21.2. The molecule has 1 aromatic rings. The lowest BCUT2D eigenvalue weighted by Crippen LogP contribution is -2.48. The Morgan fingerprint density at radius 3 is 2.25 bits per heavy atom. The molecule has 1 heterocycles. The Kier molecular flexibility index (Phi) is 3.83. The zero-order valence-electron chi connectivity index (χ0n) is 16.6. The van der Waals surface area contributed by atoms with Crippen molar-refractivity contribution >= 4 is 5.91 Å². The molecule has 0 aromatic heterocycles. The molecule has 7 rings (SSSR count). The molecular weight excluding hydrogens is 353 g/mol. The van der Waals surface area contributed by atoms with E-state index < -0.39 is 5.82 Å². The van der Waals surface area contributed by atoms with E-state index in [2.05, 4.69) is 0 Å². The highest BCUT2D eigenvalue weighted by atomic mass is 19.1. The van der Waals surface area contributed by atoms with Crippen LogP contribution >= 0.6 is 0 Å². The van der Waals surface area contributed by atoms with Crippen molar-refractivity contribution in [1.29, 1.82) is 0 Å². The number of hydrogen-bond donors (Lipinski definition) is 0. The molecule has 6 fully saturated rings. The molecular formula is C24H30FNO2. The van der Waals surface area contributed by atoms with Crippen molar-refractivity contribution in [3.8, 4) is 5.75 Å². The Balaban J connectivity index is 1.25. The Morgan fingerprint density at radius 1 is 1.07 bits per heavy atom. The van der Waals surface area contributed by atoms with E-state index in [4.69, 9.17) is 4.74 Å². The summed E-state index contributed by atoms with van der Waals surface area (Å²) in [6.07, 6.45) is 11.4. The molecule has 1 aliphatic heterocycles. The van der Waals surface area contributed by atoms with Crippen LogP contribution in [-0.2, 0) is 0 Å². The van der Waals surface area contributed by atoms with E-state index in [1.165, 1.54) is 44.6 Å². The van der Waals surface area contributed by atoms with Crippen molar-refractivity contribution in [3.63, 3.8) is 0 Å². The van der Waals surface area contributed by atoms with Crippen molar-refractivity contribution in [1.82, 2.24) is 4.90 Å². The monoisotopic (exact) mass is 383 g/mol. The molecule has 1 aromatic carbocycles. The number of carbonyl (C=O) groups excluding carboxylic acids is 1. The van der Waals surface area contributed by atoms with Crippen molar-refractivity contribution in [3.05, 3.63) is 29.1 Å². The van der Waals surface area contributed by atoms with Crippen molar-refractivity contribution in [2.75, 3.05) is 19.7 Å². The molecule has 0 radical (unpaired) electrons. The molecule has 1 amide bonds. The van der Waals surface area contributed by atoms with Gasteiger partial charge in [0.15, 0.2) is 0 Å². The molecule has 6 aliphatic rings. The highest BCUT2D eigenvalue weighted by molar-refractivity contribution is 5.95. The molecule has 0 N–H and O–H groups in total. The maximum Gasteiger partial charge on any atom is 0.256 e. The van der Waals surface area contributed by atoms with Gasteiger partial charge in [-0.25, -0.2) is 4.39 Å². The van der Waals surface area contributed by atoms with Gasteiger partial charge in [0, 0.05) is 24.6 Å². The van der Waals surface area contributed by atoms with Gasteiger partial charge in [-0.3, -0.25) is 4.79 Å². The number of nitrogens with zero attached hydrogens (tertiary/aromatic N) is 1. The first-order chi connectivity index (χ1) is 13.6. The Morgan fingerprint density at radius 2 is 1.71 bits per heavy atom. The molecule has 4 bridgehead atoms. The van der Waals surface area contributed by atoms with Gasteiger partial charge < -0.3 is 9.64 Å². The minimum Gasteiger partial charge on any atom is -0.493 e. The van der Waals surface area contributed by atoms with Gasteiger partial charge in [-0.05, 0) is 93.1 Å². The summed E-state index contributed by atoms with van der Waals surface area (Å²) in [5.74, 6) is 3.26. The zero-order chi connectivity index (χ0) is 18.9. The average molecular weight is 384 g/mol. The highest BCUT2D eigenvalue weighted by Gasteiger charge is 2.51. The molecule has 0 atom stereocenters. The van der Waals surface area contributed by atoms with Crippen LogP contribution in [0.1, 0.15) is 79.6 Å². The molecule has 1 saturated heterocycles. The summed E-state index contributed by atoms with van der Waals surface area (Å²) in [5.41, 5.74) is 1.62. The van der Waals surface area contributed by atoms with E-state index in [1.54, 1.807) is 4.90 Å². The lowest BCUT2D eigenvalue weighted by atomic mass is 9.50. The topological polar surface area (TPSA) is 29.5 Å². The minimum absolute atomic E-state index is 0.154. The maximum absolute atomic E-state index is 14.8. The number of amides is 1. The molecule has 4 heteroatoms. The molecule has 5 aliphatic carbocycles. The summed E-state index contributed by atoms with van der Waals surface area (Å²) in [6, 6.07) is 3.32. The van der Waals surface area contributed by atoms with Gasteiger partial charge in [0.25, 0.3) is 5.91 Å². The number of hydrogen-bond acceptors (Lipinski definition) is 2. The molecule has 150 valence electrons. The summed E-state index contributed by atoms with van der Waals surface area (Å²) >= 11 is 0. The van der Waals surface area contributed by atoms with Crippen LogP contribution in [-0.4, -0.2) is 30.5 Å². The van der Waals surface area contributed by atoms with Crippen LogP contribution in [0.2, 0.25) is 0 Å². The smallest absolute Gasteiger partial charge is 0.256 e. The fraction of sp³-hybridized carbons (Fsp3) is 0.708. The Hall–Kier alpha value is -1.58. The molecule has 0 unspecified atom stereocenters. The number of halogens is 1. The van der Waals surface area contributed by atoms with E-state index in [-0.39, 0.29) is 11.5 Å². The second kappa shape index (κ2) is 6.21. The maximum atomic E-state index is 14.8. The SMILES string of the molecule is O=C(c1cc(C2CC2)c(OCC23CC4CC(CC(C4)C2)C3)cc1F)N1CCC1. The minimum atomic E-state index is -0.415. The van der Waals surface area contributed by atoms with Gasteiger partial charge in [0.2, 0.25) is 0 Å². The van der Waals surface area contributed by atoms with E-state index in [1.807, 2.05) is 6.07 Å². The van der Waals surface area contributed by atoms with Crippen LogP contribution in [0, 0.1) is 29.0 Å². The first kappa shape index (κ1) is 17.3. The summed E-state index contributed by atoms with van der Waals surface area (Å²) in [5, 5.41) is 0. The Bertz CT molecular complexity index is 776. The number of benzene rings is 1. The van der Waals surface area contributed by atoms with Crippen molar-refractivity contribution < 1.29 is 13.9 Å². The van der Waals surface area contributed by atoms with E-state index in [0.29, 0.717) is 17.1 Å². The lowest BCUT2D eigenvalue weighted by molar-refractivity contribution is -0.0747. The summed E-state index contributed by atoms with van der Waals surface area (Å²) in [4.78, 5) is 14.3. The van der Waals surface area contributed by atoms with E-state index >= 15 is 0 Å². The third-order valence-electron chi connectivity index (χ3n) is 8.19. The fourth-order valence-corrected chi connectivity index (χ4v) is 6.96. The second-order valence-electron chi connectivity index (χ2n) is 10.5. The molecule has 3 nitrogen and oxygen atoms in total. The number of ether oxygens (including phenoxy) is 1. The Labute approximate surface area is 166 Å². The fourth-order valence-electron chi connectivity index (χ4n) is 6.96. The lowest BCUT2D eigenvalue weighted by Gasteiger charge is -2.56. The largest absolute Gasteiger partial charge is 0.493 e. The predicted molar refractivity (Wildman–Crippen MR) is 105 cm³/mol. The average Bonchev–Trinajstić information content (AvgIpc) is 3.42. The van der Waals surface area contributed by atoms with Crippen LogP contribution in [0.25, 0.3) is 0 Å².